The predicted octanol–water partition coefficient (Wildman–Crippen LogP) is 0.318. The van der Waals surface area contributed by atoms with Crippen LogP contribution in [0.3, 0.4) is 0 Å². The van der Waals surface area contributed by atoms with Gasteiger partial charge in [0.1, 0.15) is 5.25 Å². The SMILES string of the molecule is NCc1ccc(S(=O)(=O)C2COC2)cc1. The van der Waals surface area contributed by atoms with Gasteiger partial charge in [-0.25, -0.2) is 8.42 Å². The topological polar surface area (TPSA) is 69.4 Å². The second-order valence-corrected chi connectivity index (χ2v) is 5.78. The molecule has 0 unspecified atom stereocenters. The molecule has 5 heteroatoms. The number of benzene rings is 1. The van der Waals surface area contributed by atoms with Gasteiger partial charge in [0.05, 0.1) is 18.1 Å². The molecule has 0 aliphatic carbocycles. The lowest BCUT2D eigenvalue weighted by molar-refractivity contribution is 0.0416. The van der Waals surface area contributed by atoms with Gasteiger partial charge in [0.25, 0.3) is 0 Å². The molecule has 2 rings (SSSR count). The van der Waals surface area contributed by atoms with Crippen LogP contribution in [0.4, 0.5) is 0 Å². The zero-order valence-corrected chi connectivity index (χ0v) is 9.03. The molecule has 1 aliphatic rings. The van der Waals surface area contributed by atoms with E-state index in [9.17, 15) is 8.42 Å². The molecule has 1 aliphatic heterocycles. The molecule has 82 valence electrons. The van der Waals surface area contributed by atoms with Crippen molar-refractivity contribution in [2.75, 3.05) is 13.2 Å². The number of hydrogen-bond acceptors (Lipinski definition) is 4. The summed E-state index contributed by atoms with van der Waals surface area (Å²) in [7, 11) is -3.19. The lowest BCUT2D eigenvalue weighted by Crippen LogP contribution is -2.40. The fourth-order valence-electron chi connectivity index (χ4n) is 1.40. The zero-order valence-electron chi connectivity index (χ0n) is 8.22. The Morgan fingerprint density at radius 2 is 1.87 bits per heavy atom. The number of rotatable bonds is 3. The fraction of sp³-hybridized carbons (Fsp3) is 0.400. The van der Waals surface area contributed by atoms with Crippen LogP contribution in [0.15, 0.2) is 29.2 Å². The van der Waals surface area contributed by atoms with E-state index in [1.807, 2.05) is 0 Å². The Kier molecular flexibility index (Phi) is 2.77. The predicted molar refractivity (Wildman–Crippen MR) is 56.1 cm³/mol. The zero-order chi connectivity index (χ0) is 10.9. The Bertz CT molecular complexity index is 434. The highest BCUT2D eigenvalue weighted by Gasteiger charge is 2.33. The third-order valence-corrected chi connectivity index (χ3v) is 4.61. The minimum absolute atomic E-state index is 0.307. The van der Waals surface area contributed by atoms with Crippen molar-refractivity contribution in [1.82, 2.24) is 0 Å². The summed E-state index contributed by atoms with van der Waals surface area (Å²) < 4.78 is 28.7. The molecule has 4 nitrogen and oxygen atoms in total. The van der Waals surface area contributed by atoms with Crippen LogP contribution in [-0.4, -0.2) is 26.9 Å². The monoisotopic (exact) mass is 227 g/mol. The summed E-state index contributed by atoms with van der Waals surface area (Å²) in [6.07, 6.45) is 0. The Morgan fingerprint density at radius 3 is 2.27 bits per heavy atom. The van der Waals surface area contributed by atoms with Crippen molar-refractivity contribution in [2.24, 2.45) is 5.73 Å². The van der Waals surface area contributed by atoms with Crippen LogP contribution < -0.4 is 5.73 Å². The lowest BCUT2D eigenvalue weighted by Gasteiger charge is -2.25. The molecular formula is C10H13NO3S. The summed E-state index contributed by atoms with van der Waals surface area (Å²) in [6, 6.07) is 6.70. The highest BCUT2D eigenvalue weighted by molar-refractivity contribution is 7.92. The fourth-order valence-corrected chi connectivity index (χ4v) is 2.85. The van der Waals surface area contributed by atoms with E-state index in [2.05, 4.69) is 0 Å². The van der Waals surface area contributed by atoms with Gasteiger partial charge >= 0.3 is 0 Å². The first-order valence-electron chi connectivity index (χ1n) is 4.75. The molecule has 1 heterocycles. The van der Waals surface area contributed by atoms with Crippen molar-refractivity contribution in [2.45, 2.75) is 16.7 Å². The Hall–Kier alpha value is -0.910. The molecule has 0 saturated carbocycles. The van der Waals surface area contributed by atoms with E-state index >= 15 is 0 Å². The molecule has 0 bridgehead atoms. The van der Waals surface area contributed by atoms with Crippen molar-refractivity contribution in [1.29, 1.82) is 0 Å². The summed E-state index contributed by atoms with van der Waals surface area (Å²) >= 11 is 0. The Balaban J connectivity index is 2.28. The third kappa shape index (κ3) is 1.90. The molecule has 0 aromatic heterocycles. The van der Waals surface area contributed by atoms with Gasteiger partial charge in [-0.3, -0.25) is 0 Å². The highest BCUT2D eigenvalue weighted by Crippen LogP contribution is 2.21. The molecule has 1 aromatic carbocycles. The molecule has 1 aromatic rings. The highest BCUT2D eigenvalue weighted by atomic mass is 32.2. The van der Waals surface area contributed by atoms with Gasteiger partial charge in [-0.1, -0.05) is 12.1 Å². The molecular weight excluding hydrogens is 214 g/mol. The van der Waals surface area contributed by atoms with E-state index in [0.29, 0.717) is 24.7 Å². The van der Waals surface area contributed by atoms with Crippen molar-refractivity contribution in [3.8, 4) is 0 Å². The molecule has 0 atom stereocenters. The summed E-state index contributed by atoms with van der Waals surface area (Å²) in [6.45, 7) is 1.04. The van der Waals surface area contributed by atoms with Crippen molar-refractivity contribution in [3.63, 3.8) is 0 Å². The van der Waals surface area contributed by atoms with Gasteiger partial charge in [0.2, 0.25) is 0 Å². The van der Waals surface area contributed by atoms with E-state index < -0.39 is 9.84 Å². The Labute approximate surface area is 89.0 Å². The number of hydrogen-bond donors (Lipinski definition) is 1. The van der Waals surface area contributed by atoms with Crippen LogP contribution in [0, 0.1) is 0 Å². The molecule has 0 spiro atoms. The van der Waals surface area contributed by atoms with Crippen LogP contribution in [-0.2, 0) is 21.1 Å². The first kappa shape index (κ1) is 10.6. The summed E-state index contributed by atoms with van der Waals surface area (Å²) in [5.41, 5.74) is 6.37. The first-order valence-corrected chi connectivity index (χ1v) is 6.30. The largest absolute Gasteiger partial charge is 0.379 e. The average molecular weight is 227 g/mol. The minimum atomic E-state index is -3.19. The number of ether oxygens (including phenoxy) is 1. The van der Waals surface area contributed by atoms with Crippen LogP contribution in [0.25, 0.3) is 0 Å². The van der Waals surface area contributed by atoms with E-state index in [1.54, 1.807) is 24.3 Å². The summed E-state index contributed by atoms with van der Waals surface area (Å²) in [5.74, 6) is 0. The maximum atomic E-state index is 11.9. The van der Waals surface area contributed by atoms with Gasteiger partial charge in [0, 0.05) is 6.54 Å². The number of nitrogens with two attached hydrogens (primary N) is 1. The van der Waals surface area contributed by atoms with E-state index in [0.717, 1.165) is 5.56 Å². The van der Waals surface area contributed by atoms with E-state index in [4.69, 9.17) is 10.5 Å². The lowest BCUT2D eigenvalue weighted by atomic mass is 10.2. The van der Waals surface area contributed by atoms with Crippen LogP contribution in [0.5, 0.6) is 0 Å². The molecule has 2 N–H and O–H groups in total. The summed E-state index contributed by atoms with van der Waals surface area (Å²) in [4.78, 5) is 0.355. The minimum Gasteiger partial charge on any atom is -0.379 e. The first-order chi connectivity index (χ1) is 7.14. The second kappa shape index (κ2) is 3.92. The maximum absolute atomic E-state index is 11.9. The summed E-state index contributed by atoms with van der Waals surface area (Å²) in [5, 5.41) is -0.374. The van der Waals surface area contributed by atoms with Crippen LogP contribution in [0.1, 0.15) is 5.56 Å². The molecule has 1 fully saturated rings. The Morgan fingerprint density at radius 1 is 1.27 bits per heavy atom. The van der Waals surface area contributed by atoms with Crippen molar-refractivity contribution >= 4 is 9.84 Å². The van der Waals surface area contributed by atoms with Gasteiger partial charge in [-0.15, -0.1) is 0 Å². The van der Waals surface area contributed by atoms with E-state index in [-0.39, 0.29) is 5.25 Å². The van der Waals surface area contributed by atoms with Gasteiger partial charge < -0.3 is 10.5 Å². The third-order valence-electron chi connectivity index (χ3n) is 2.53. The van der Waals surface area contributed by atoms with Crippen LogP contribution >= 0.6 is 0 Å². The molecule has 0 radical (unpaired) electrons. The van der Waals surface area contributed by atoms with Crippen molar-refractivity contribution in [3.05, 3.63) is 29.8 Å². The van der Waals surface area contributed by atoms with E-state index in [1.165, 1.54) is 0 Å². The molecule has 0 amide bonds. The smallest absolute Gasteiger partial charge is 0.185 e. The molecule has 15 heavy (non-hydrogen) atoms. The standard InChI is InChI=1S/C10H13NO3S/c11-5-8-1-3-9(4-2-8)15(12,13)10-6-14-7-10/h1-4,10H,5-7,11H2. The van der Waals surface area contributed by atoms with Crippen molar-refractivity contribution < 1.29 is 13.2 Å². The maximum Gasteiger partial charge on any atom is 0.185 e. The quantitative estimate of drug-likeness (QED) is 0.807. The molecule has 1 saturated heterocycles. The van der Waals surface area contributed by atoms with Gasteiger partial charge in [0.15, 0.2) is 9.84 Å². The average Bonchev–Trinajstić information content (AvgIpc) is 2.14. The second-order valence-electron chi connectivity index (χ2n) is 3.55. The number of sulfone groups is 1. The normalized spacial score (nSPS) is 17.4. The van der Waals surface area contributed by atoms with Crippen LogP contribution in [0.2, 0.25) is 0 Å². The van der Waals surface area contributed by atoms with Gasteiger partial charge in [-0.2, -0.15) is 0 Å². The van der Waals surface area contributed by atoms with Gasteiger partial charge in [-0.05, 0) is 17.7 Å².